The highest BCUT2D eigenvalue weighted by atomic mass is 32.2. The van der Waals surface area contributed by atoms with Gasteiger partial charge in [-0.2, -0.15) is 0 Å². The number of nitro benzene ring substituents is 1. The Morgan fingerprint density at radius 3 is 2.88 bits per heavy atom. The Bertz CT molecular complexity index is 634. The summed E-state index contributed by atoms with van der Waals surface area (Å²) in [4.78, 5) is 26.4. The van der Waals surface area contributed by atoms with Crippen LogP contribution in [0.15, 0.2) is 23.1 Å². The lowest BCUT2D eigenvalue weighted by Gasteiger charge is -2.32. The SMILES string of the molecule is CNCC1CCCN(C(=O)c2ccc(SCCC(C)C)c([N+](=O)[O-])c2)C1. The van der Waals surface area contributed by atoms with Crippen LogP contribution in [0.1, 0.15) is 43.5 Å². The van der Waals surface area contributed by atoms with Crippen LogP contribution in [0.25, 0.3) is 0 Å². The van der Waals surface area contributed by atoms with Gasteiger partial charge in [-0.25, -0.2) is 0 Å². The van der Waals surface area contributed by atoms with E-state index in [1.165, 1.54) is 17.8 Å². The molecule has 0 aliphatic carbocycles. The lowest BCUT2D eigenvalue weighted by molar-refractivity contribution is -0.387. The highest BCUT2D eigenvalue weighted by molar-refractivity contribution is 7.99. The summed E-state index contributed by atoms with van der Waals surface area (Å²) in [6, 6.07) is 4.90. The molecule has 1 amide bonds. The number of piperidine rings is 1. The van der Waals surface area contributed by atoms with Crippen molar-refractivity contribution in [1.82, 2.24) is 10.2 Å². The fourth-order valence-electron chi connectivity index (χ4n) is 3.21. The van der Waals surface area contributed by atoms with Gasteiger partial charge in [0.15, 0.2) is 0 Å². The molecular formula is C19H29N3O3S. The van der Waals surface area contributed by atoms with Crippen molar-refractivity contribution in [3.05, 3.63) is 33.9 Å². The summed E-state index contributed by atoms with van der Waals surface area (Å²) >= 11 is 1.49. The molecule has 0 spiro atoms. The van der Waals surface area contributed by atoms with Crippen molar-refractivity contribution in [2.45, 2.75) is 38.0 Å². The van der Waals surface area contributed by atoms with Gasteiger partial charge < -0.3 is 10.2 Å². The Morgan fingerprint density at radius 2 is 2.23 bits per heavy atom. The van der Waals surface area contributed by atoms with Crippen LogP contribution in [0.5, 0.6) is 0 Å². The minimum Gasteiger partial charge on any atom is -0.338 e. The predicted molar refractivity (Wildman–Crippen MR) is 106 cm³/mol. The topological polar surface area (TPSA) is 75.5 Å². The van der Waals surface area contributed by atoms with Gasteiger partial charge in [0, 0.05) is 24.7 Å². The van der Waals surface area contributed by atoms with Gasteiger partial charge >= 0.3 is 0 Å². The molecule has 1 atom stereocenters. The van der Waals surface area contributed by atoms with Gasteiger partial charge in [0.05, 0.1) is 9.82 Å². The number of carbonyl (C=O) groups is 1. The van der Waals surface area contributed by atoms with Crippen LogP contribution in [0, 0.1) is 22.0 Å². The number of amides is 1. The molecule has 1 saturated heterocycles. The van der Waals surface area contributed by atoms with E-state index in [1.54, 1.807) is 12.1 Å². The van der Waals surface area contributed by atoms with E-state index in [1.807, 2.05) is 11.9 Å². The third-order valence-electron chi connectivity index (χ3n) is 4.65. The second-order valence-corrected chi connectivity index (χ2v) is 8.42. The number of likely N-dealkylation sites (tertiary alicyclic amines) is 1. The first-order chi connectivity index (χ1) is 12.4. The molecule has 26 heavy (non-hydrogen) atoms. The number of carbonyl (C=O) groups excluding carboxylic acids is 1. The first kappa shape index (κ1) is 20.7. The Kier molecular flexibility index (Phi) is 7.90. The first-order valence-corrected chi connectivity index (χ1v) is 10.3. The van der Waals surface area contributed by atoms with Crippen LogP contribution in [0.4, 0.5) is 5.69 Å². The van der Waals surface area contributed by atoms with Crippen molar-refractivity contribution < 1.29 is 9.72 Å². The summed E-state index contributed by atoms with van der Waals surface area (Å²) in [5.41, 5.74) is 0.448. The summed E-state index contributed by atoms with van der Waals surface area (Å²) in [5.74, 6) is 1.74. The second kappa shape index (κ2) is 9.92. The number of nitro groups is 1. The van der Waals surface area contributed by atoms with Gasteiger partial charge in [0.2, 0.25) is 0 Å². The van der Waals surface area contributed by atoms with Crippen molar-refractivity contribution in [3.63, 3.8) is 0 Å². The number of nitrogens with zero attached hydrogens (tertiary/aromatic N) is 2. The van der Waals surface area contributed by atoms with Crippen LogP contribution in [-0.2, 0) is 0 Å². The van der Waals surface area contributed by atoms with E-state index < -0.39 is 0 Å². The first-order valence-electron chi connectivity index (χ1n) is 9.27. The largest absolute Gasteiger partial charge is 0.338 e. The van der Waals surface area contributed by atoms with E-state index in [-0.39, 0.29) is 16.5 Å². The molecule has 0 bridgehead atoms. The van der Waals surface area contributed by atoms with Gasteiger partial charge in [-0.05, 0) is 62.6 Å². The van der Waals surface area contributed by atoms with Crippen LogP contribution < -0.4 is 5.32 Å². The summed E-state index contributed by atoms with van der Waals surface area (Å²) in [6.07, 6.45) is 3.09. The Labute approximate surface area is 159 Å². The van der Waals surface area contributed by atoms with Crippen molar-refractivity contribution in [1.29, 1.82) is 0 Å². The highest BCUT2D eigenvalue weighted by Crippen LogP contribution is 2.32. The molecule has 1 N–H and O–H groups in total. The van der Waals surface area contributed by atoms with Gasteiger partial charge in [-0.1, -0.05) is 13.8 Å². The molecule has 7 heteroatoms. The Balaban J connectivity index is 2.12. The normalized spacial score (nSPS) is 17.5. The Hall–Kier alpha value is -1.60. The minimum atomic E-state index is -0.380. The fraction of sp³-hybridized carbons (Fsp3) is 0.632. The standard InChI is InChI=1S/C19H29N3O3S/c1-14(2)8-10-26-18-7-6-16(11-17(18)22(24)25)19(23)21-9-4-5-15(13-21)12-20-3/h6-7,11,14-15,20H,4-5,8-10,12-13H2,1-3H3. The van der Waals surface area contributed by atoms with E-state index in [4.69, 9.17) is 0 Å². The average Bonchev–Trinajstić information content (AvgIpc) is 2.61. The Morgan fingerprint density at radius 1 is 1.46 bits per heavy atom. The molecule has 1 heterocycles. The van der Waals surface area contributed by atoms with Crippen molar-refractivity contribution in [2.24, 2.45) is 11.8 Å². The number of rotatable bonds is 8. The van der Waals surface area contributed by atoms with E-state index in [2.05, 4.69) is 19.2 Å². The zero-order valence-corrected chi connectivity index (χ0v) is 16.7. The smallest absolute Gasteiger partial charge is 0.283 e. The van der Waals surface area contributed by atoms with Gasteiger partial charge in [-0.3, -0.25) is 14.9 Å². The van der Waals surface area contributed by atoms with Crippen molar-refractivity contribution in [2.75, 3.05) is 32.4 Å². The quantitative estimate of drug-likeness (QED) is 0.422. The lowest BCUT2D eigenvalue weighted by Crippen LogP contribution is -2.42. The molecule has 1 unspecified atom stereocenters. The maximum absolute atomic E-state index is 12.8. The maximum Gasteiger partial charge on any atom is 0.283 e. The van der Waals surface area contributed by atoms with Gasteiger partial charge in [0.25, 0.3) is 11.6 Å². The number of hydrogen-bond acceptors (Lipinski definition) is 5. The van der Waals surface area contributed by atoms with Crippen LogP contribution in [-0.4, -0.2) is 48.2 Å². The van der Waals surface area contributed by atoms with Crippen LogP contribution >= 0.6 is 11.8 Å². The van der Waals surface area contributed by atoms with Crippen LogP contribution in [0.3, 0.4) is 0 Å². The van der Waals surface area contributed by atoms with E-state index in [0.29, 0.717) is 28.8 Å². The molecule has 2 rings (SSSR count). The molecule has 1 aromatic carbocycles. The molecule has 1 aromatic rings. The molecule has 0 saturated carbocycles. The average molecular weight is 380 g/mol. The molecule has 1 aliphatic heterocycles. The highest BCUT2D eigenvalue weighted by Gasteiger charge is 2.26. The summed E-state index contributed by atoms with van der Waals surface area (Å²) in [5, 5.41) is 14.6. The third-order valence-corrected chi connectivity index (χ3v) is 5.75. The van der Waals surface area contributed by atoms with E-state index in [9.17, 15) is 14.9 Å². The van der Waals surface area contributed by atoms with E-state index in [0.717, 1.165) is 38.1 Å². The molecule has 1 fully saturated rings. The fourth-order valence-corrected chi connectivity index (χ4v) is 4.46. The summed E-state index contributed by atoms with van der Waals surface area (Å²) in [7, 11) is 1.92. The minimum absolute atomic E-state index is 0.0355. The van der Waals surface area contributed by atoms with Gasteiger partial charge in [-0.15, -0.1) is 11.8 Å². The monoisotopic (exact) mass is 379 g/mol. The number of thioether (sulfide) groups is 1. The molecule has 0 aromatic heterocycles. The van der Waals surface area contributed by atoms with Crippen LogP contribution in [0.2, 0.25) is 0 Å². The van der Waals surface area contributed by atoms with Crippen molar-refractivity contribution in [3.8, 4) is 0 Å². The molecular weight excluding hydrogens is 350 g/mol. The predicted octanol–water partition coefficient (Wildman–Crippen LogP) is 3.80. The summed E-state index contributed by atoms with van der Waals surface area (Å²) < 4.78 is 0. The third kappa shape index (κ3) is 5.71. The molecule has 1 aliphatic rings. The molecule has 6 nitrogen and oxygen atoms in total. The molecule has 0 radical (unpaired) electrons. The number of benzene rings is 1. The number of hydrogen-bond donors (Lipinski definition) is 1. The zero-order valence-electron chi connectivity index (χ0n) is 15.9. The molecule has 144 valence electrons. The van der Waals surface area contributed by atoms with Gasteiger partial charge in [0.1, 0.15) is 0 Å². The number of nitrogens with one attached hydrogen (secondary N) is 1. The zero-order chi connectivity index (χ0) is 19.1. The summed E-state index contributed by atoms with van der Waals surface area (Å²) in [6.45, 7) is 6.58. The van der Waals surface area contributed by atoms with Crippen molar-refractivity contribution >= 4 is 23.4 Å². The van der Waals surface area contributed by atoms with E-state index >= 15 is 0 Å². The lowest BCUT2D eigenvalue weighted by atomic mass is 9.97. The second-order valence-electron chi connectivity index (χ2n) is 7.29. The maximum atomic E-state index is 12.8.